The van der Waals surface area contributed by atoms with Crippen LogP contribution in [0.5, 0.6) is 5.75 Å². The molecule has 1 atom stereocenters. The van der Waals surface area contributed by atoms with Crippen molar-refractivity contribution < 1.29 is 4.74 Å². The number of aromatic nitrogens is 2. The summed E-state index contributed by atoms with van der Waals surface area (Å²) in [6.07, 6.45) is 3.95. The van der Waals surface area contributed by atoms with Crippen LogP contribution in [0.15, 0.2) is 60.7 Å². The molecule has 0 bridgehead atoms. The lowest BCUT2D eigenvalue weighted by Crippen LogP contribution is -2.11. The molecule has 4 heteroatoms. The summed E-state index contributed by atoms with van der Waals surface area (Å²) in [6.45, 7) is 1.94. The Morgan fingerprint density at radius 3 is 2.70 bits per heavy atom. The Bertz CT molecular complexity index is 852. The van der Waals surface area contributed by atoms with Crippen molar-refractivity contribution in [2.75, 3.05) is 5.32 Å². The number of imidazole rings is 1. The van der Waals surface area contributed by atoms with Crippen LogP contribution >= 0.6 is 0 Å². The zero-order chi connectivity index (χ0) is 15.6. The van der Waals surface area contributed by atoms with Crippen molar-refractivity contribution >= 4 is 17.6 Å². The number of rotatable bonds is 3. The molecule has 0 radical (unpaired) electrons. The first-order valence-electron chi connectivity index (χ1n) is 7.62. The predicted octanol–water partition coefficient (Wildman–Crippen LogP) is 4.61. The minimum atomic E-state index is -0.183. The highest BCUT2D eigenvalue weighted by Crippen LogP contribution is 2.34. The minimum Gasteiger partial charge on any atom is -0.479 e. The van der Waals surface area contributed by atoms with Gasteiger partial charge in [-0.25, -0.2) is 4.98 Å². The minimum absolute atomic E-state index is 0.183. The fourth-order valence-corrected chi connectivity index (χ4v) is 2.72. The molecule has 4 nitrogen and oxygen atoms in total. The number of H-pyrrole nitrogens is 1. The number of hydrogen-bond acceptors (Lipinski definition) is 3. The van der Waals surface area contributed by atoms with Gasteiger partial charge in [-0.2, -0.15) is 0 Å². The van der Waals surface area contributed by atoms with Gasteiger partial charge in [-0.05, 0) is 31.2 Å². The van der Waals surface area contributed by atoms with Gasteiger partial charge in [0, 0.05) is 11.3 Å². The largest absolute Gasteiger partial charge is 0.479 e. The molecule has 0 aliphatic carbocycles. The predicted molar refractivity (Wildman–Crippen MR) is 91.9 cm³/mol. The van der Waals surface area contributed by atoms with Gasteiger partial charge in [0.25, 0.3) is 0 Å². The third-order valence-electron chi connectivity index (χ3n) is 3.79. The van der Waals surface area contributed by atoms with Gasteiger partial charge in [-0.1, -0.05) is 42.5 Å². The second-order valence-electron chi connectivity index (χ2n) is 5.51. The molecule has 2 N–H and O–H groups in total. The van der Waals surface area contributed by atoms with E-state index in [1.807, 2.05) is 67.6 Å². The molecule has 0 fully saturated rings. The smallest absolute Gasteiger partial charge is 0.161 e. The van der Waals surface area contributed by atoms with Crippen molar-refractivity contribution in [1.82, 2.24) is 9.97 Å². The van der Waals surface area contributed by atoms with E-state index in [1.165, 1.54) is 0 Å². The van der Waals surface area contributed by atoms with Crippen molar-refractivity contribution in [3.8, 4) is 5.75 Å². The molecule has 0 saturated carbocycles. The summed E-state index contributed by atoms with van der Waals surface area (Å²) in [5.41, 5.74) is 3.02. The van der Waals surface area contributed by atoms with E-state index in [0.717, 1.165) is 34.3 Å². The van der Waals surface area contributed by atoms with E-state index >= 15 is 0 Å². The Hall–Kier alpha value is -3.01. The molecule has 0 amide bonds. The molecular weight excluding hydrogens is 286 g/mol. The van der Waals surface area contributed by atoms with Crippen LogP contribution in [-0.4, -0.2) is 9.97 Å². The number of aryl methyl sites for hydroxylation is 1. The number of nitrogens with one attached hydrogen (secondary N) is 2. The van der Waals surface area contributed by atoms with Crippen molar-refractivity contribution in [1.29, 1.82) is 0 Å². The van der Waals surface area contributed by atoms with E-state index < -0.39 is 0 Å². The summed E-state index contributed by atoms with van der Waals surface area (Å²) < 4.78 is 6.11. The standard InChI is InChI=1S/C19H17N3O/c1-13-20-18(19(21-13)22-15-8-3-2-4-9-15)17-12-11-14-7-5-6-10-16(14)23-17/h2-12,17,22H,1H3,(H,20,21). The highest BCUT2D eigenvalue weighted by molar-refractivity contribution is 5.63. The average molecular weight is 303 g/mol. The quantitative estimate of drug-likeness (QED) is 0.743. The molecule has 2 heterocycles. The van der Waals surface area contributed by atoms with Gasteiger partial charge in [0.2, 0.25) is 0 Å². The number of nitrogens with zero attached hydrogens (tertiary/aromatic N) is 1. The van der Waals surface area contributed by atoms with E-state index in [9.17, 15) is 0 Å². The van der Waals surface area contributed by atoms with Crippen LogP contribution in [0, 0.1) is 6.92 Å². The molecule has 2 aromatic carbocycles. The lowest BCUT2D eigenvalue weighted by atomic mass is 10.1. The van der Waals surface area contributed by atoms with E-state index in [4.69, 9.17) is 4.74 Å². The third kappa shape index (κ3) is 2.71. The zero-order valence-corrected chi connectivity index (χ0v) is 12.8. The number of para-hydroxylation sites is 2. The number of hydrogen-bond donors (Lipinski definition) is 2. The van der Waals surface area contributed by atoms with Crippen LogP contribution in [0.25, 0.3) is 6.08 Å². The monoisotopic (exact) mass is 303 g/mol. The Kier molecular flexibility index (Phi) is 3.35. The van der Waals surface area contributed by atoms with Crippen LogP contribution in [0.2, 0.25) is 0 Å². The Balaban J connectivity index is 1.65. The van der Waals surface area contributed by atoms with E-state index in [0.29, 0.717) is 0 Å². The summed E-state index contributed by atoms with van der Waals surface area (Å²) in [6, 6.07) is 18.0. The second kappa shape index (κ2) is 5.65. The number of aromatic amines is 1. The third-order valence-corrected chi connectivity index (χ3v) is 3.79. The topological polar surface area (TPSA) is 49.9 Å². The van der Waals surface area contributed by atoms with Gasteiger partial charge >= 0.3 is 0 Å². The fourth-order valence-electron chi connectivity index (χ4n) is 2.72. The highest BCUT2D eigenvalue weighted by atomic mass is 16.5. The maximum atomic E-state index is 6.11. The first-order valence-corrected chi connectivity index (χ1v) is 7.62. The van der Waals surface area contributed by atoms with Gasteiger partial charge in [0.15, 0.2) is 11.9 Å². The lowest BCUT2D eigenvalue weighted by molar-refractivity contribution is 0.248. The summed E-state index contributed by atoms with van der Waals surface area (Å²) in [5, 5.41) is 3.36. The molecule has 23 heavy (non-hydrogen) atoms. The van der Waals surface area contributed by atoms with Gasteiger partial charge < -0.3 is 15.0 Å². The molecule has 114 valence electrons. The Morgan fingerprint density at radius 2 is 1.83 bits per heavy atom. The fraction of sp³-hybridized carbons (Fsp3) is 0.105. The number of ether oxygens (including phenoxy) is 1. The van der Waals surface area contributed by atoms with E-state index in [1.54, 1.807) is 0 Å². The van der Waals surface area contributed by atoms with Gasteiger partial charge in [-0.3, -0.25) is 0 Å². The summed E-state index contributed by atoms with van der Waals surface area (Å²) >= 11 is 0. The molecule has 1 aromatic heterocycles. The van der Waals surface area contributed by atoms with Gasteiger partial charge in [-0.15, -0.1) is 0 Å². The molecule has 1 unspecified atom stereocenters. The van der Waals surface area contributed by atoms with Crippen molar-refractivity contribution in [2.45, 2.75) is 13.0 Å². The van der Waals surface area contributed by atoms with E-state index in [-0.39, 0.29) is 6.10 Å². The number of anilines is 2. The van der Waals surface area contributed by atoms with Crippen LogP contribution in [0.1, 0.15) is 23.2 Å². The van der Waals surface area contributed by atoms with Crippen molar-refractivity contribution in [3.05, 3.63) is 77.8 Å². The molecule has 0 spiro atoms. The maximum absolute atomic E-state index is 6.11. The van der Waals surface area contributed by atoms with E-state index in [2.05, 4.69) is 21.4 Å². The lowest BCUT2D eigenvalue weighted by Gasteiger charge is -2.21. The Labute approximate surface area is 134 Å². The normalized spacial score (nSPS) is 15.8. The zero-order valence-electron chi connectivity index (χ0n) is 12.8. The van der Waals surface area contributed by atoms with Gasteiger partial charge in [0.05, 0.1) is 0 Å². The summed E-state index contributed by atoms with van der Waals surface area (Å²) in [5.74, 6) is 2.54. The summed E-state index contributed by atoms with van der Waals surface area (Å²) in [4.78, 5) is 7.87. The molecule has 0 saturated heterocycles. The summed E-state index contributed by atoms with van der Waals surface area (Å²) in [7, 11) is 0. The molecule has 1 aliphatic heterocycles. The molecule has 4 rings (SSSR count). The van der Waals surface area contributed by atoms with Crippen LogP contribution < -0.4 is 10.1 Å². The molecule has 1 aliphatic rings. The van der Waals surface area contributed by atoms with Crippen molar-refractivity contribution in [2.24, 2.45) is 0 Å². The van der Waals surface area contributed by atoms with Crippen LogP contribution in [-0.2, 0) is 0 Å². The number of fused-ring (bicyclic) bond motifs is 1. The maximum Gasteiger partial charge on any atom is 0.161 e. The Morgan fingerprint density at radius 1 is 1.04 bits per heavy atom. The first-order chi connectivity index (χ1) is 11.3. The number of benzene rings is 2. The first kappa shape index (κ1) is 13.6. The SMILES string of the molecule is Cc1nc(Nc2ccccc2)c(C2C=Cc3ccccc3O2)[nH]1. The van der Waals surface area contributed by atoms with Crippen LogP contribution in [0.4, 0.5) is 11.5 Å². The average Bonchev–Trinajstić information content (AvgIpc) is 2.96. The van der Waals surface area contributed by atoms with Gasteiger partial charge in [0.1, 0.15) is 17.3 Å². The van der Waals surface area contributed by atoms with Crippen LogP contribution in [0.3, 0.4) is 0 Å². The molecular formula is C19H17N3O. The highest BCUT2D eigenvalue weighted by Gasteiger charge is 2.22. The van der Waals surface area contributed by atoms with Crippen molar-refractivity contribution in [3.63, 3.8) is 0 Å². The second-order valence-corrected chi connectivity index (χ2v) is 5.51. The molecule has 3 aromatic rings.